The van der Waals surface area contributed by atoms with Crippen molar-refractivity contribution in [3.8, 4) is 0 Å². The molecule has 0 aromatic carbocycles. The molecule has 11 heteroatoms. The molecule has 1 aromatic heterocycles. The van der Waals surface area contributed by atoms with Gasteiger partial charge in [0.15, 0.2) is 0 Å². The number of hydrogen-bond donors (Lipinski definition) is 6. The molecule has 11 nitrogen and oxygen atoms in total. The normalized spacial score (nSPS) is 23.2. The van der Waals surface area contributed by atoms with Gasteiger partial charge in [0.05, 0.1) is 18.8 Å². The van der Waals surface area contributed by atoms with Gasteiger partial charge in [0, 0.05) is 56.0 Å². The van der Waals surface area contributed by atoms with E-state index in [1.807, 2.05) is 14.2 Å². The Morgan fingerprint density at radius 3 is 1.24 bits per heavy atom. The summed E-state index contributed by atoms with van der Waals surface area (Å²) in [6.07, 6.45) is 6.25. The molecule has 6 N–H and O–H groups in total. The van der Waals surface area contributed by atoms with Crippen LogP contribution in [0.15, 0.2) is 0 Å². The zero-order valence-corrected chi connectivity index (χ0v) is 28.0. The van der Waals surface area contributed by atoms with E-state index in [9.17, 15) is 5.11 Å². The van der Waals surface area contributed by atoms with Crippen molar-refractivity contribution in [1.82, 2.24) is 25.6 Å². The minimum Gasteiger partial charge on any atom is -0.395 e. The number of aromatic nitrogens is 3. The summed E-state index contributed by atoms with van der Waals surface area (Å²) >= 11 is 0. The molecule has 2 saturated heterocycles. The van der Waals surface area contributed by atoms with Gasteiger partial charge in [-0.3, -0.25) is 0 Å². The number of anilines is 3. The number of nitrogens with zero attached hydrogens (tertiary/aromatic N) is 3. The molecular formula is C31H60N8O3. The molecular weight excluding hydrogens is 532 g/mol. The van der Waals surface area contributed by atoms with E-state index in [1.54, 1.807) is 0 Å². The maximum absolute atomic E-state index is 9.32. The molecule has 2 aliphatic heterocycles. The second-order valence-corrected chi connectivity index (χ2v) is 15.1. The first-order valence-electron chi connectivity index (χ1n) is 15.8. The lowest BCUT2D eigenvalue weighted by Gasteiger charge is -2.48. The first kappa shape index (κ1) is 34.7. The molecule has 3 heterocycles. The lowest BCUT2D eigenvalue weighted by molar-refractivity contribution is -0.00439. The van der Waals surface area contributed by atoms with Crippen molar-refractivity contribution in [3.63, 3.8) is 0 Å². The predicted molar refractivity (Wildman–Crippen MR) is 171 cm³/mol. The second kappa shape index (κ2) is 14.3. The molecule has 0 saturated carbocycles. The van der Waals surface area contributed by atoms with Gasteiger partial charge in [0.2, 0.25) is 17.8 Å². The van der Waals surface area contributed by atoms with Crippen LogP contribution in [0.25, 0.3) is 0 Å². The summed E-state index contributed by atoms with van der Waals surface area (Å²) in [5.41, 5.74) is 0.281. The van der Waals surface area contributed by atoms with E-state index in [0.29, 0.717) is 49.3 Å². The quantitative estimate of drug-likeness (QED) is 0.176. The lowest BCUT2D eigenvalue weighted by atomic mass is 9.73. The average Bonchev–Trinajstić information content (AvgIpc) is 2.84. The Hall–Kier alpha value is -1.79. The third-order valence-corrected chi connectivity index (χ3v) is 8.55. The molecule has 3 rings (SSSR count). The lowest BCUT2D eigenvalue weighted by Crippen LogP contribution is -2.59. The van der Waals surface area contributed by atoms with E-state index >= 15 is 0 Å². The molecule has 0 amide bonds. The zero-order valence-electron chi connectivity index (χ0n) is 28.0. The van der Waals surface area contributed by atoms with Crippen molar-refractivity contribution in [2.75, 3.05) is 56.4 Å². The van der Waals surface area contributed by atoms with Crippen molar-refractivity contribution in [3.05, 3.63) is 0 Å². The summed E-state index contributed by atoms with van der Waals surface area (Å²) in [7, 11) is 3.63. The van der Waals surface area contributed by atoms with Crippen molar-refractivity contribution < 1.29 is 14.6 Å². The van der Waals surface area contributed by atoms with Crippen molar-refractivity contribution >= 4 is 17.8 Å². The molecule has 2 aliphatic rings. The van der Waals surface area contributed by atoms with Crippen LogP contribution in [-0.4, -0.2) is 94.9 Å². The predicted octanol–water partition coefficient (Wildman–Crippen LogP) is 4.02. The number of aliphatic hydroxyl groups excluding tert-OH is 1. The standard InChI is InChI=1S/C31H60N8O3/c1-28(2)17-21(18-29(3,4)38-28)23(41-9)11-13-32-25-35-26(37-27(36-25)34-15-16-40)33-14-12-24(42-10)22-19-30(5,6)39-31(7,8)20-22/h21-24,38-40H,11-20H2,1-10H3,(H3,32,33,34,35,36,37). The monoisotopic (exact) mass is 592 g/mol. The highest BCUT2D eigenvalue weighted by atomic mass is 16.5. The van der Waals surface area contributed by atoms with Gasteiger partial charge in [-0.1, -0.05) is 0 Å². The number of methoxy groups -OCH3 is 2. The molecule has 0 spiro atoms. The third kappa shape index (κ3) is 10.7. The maximum atomic E-state index is 9.32. The summed E-state index contributed by atoms with van der Waals surface area (Å²) in [4.78, 5) is 13.7. The van der Waals surface area contributed by atoms with Gasteiger partial charge in [-0.25, -0.2) is 0 Å². The Bertz CT molecular complexity index is 885. The zero-order chi connectivity index (χ0) is 31.2. The first-order valence-corrected chi connectivity index (χ1v) is 15.8. The molecule has 0 bridgehead atoms. The number of aliphatic hydroxyl groups is 1. The molecule has 0 radical (unpaired) electrons. The SMILES string of the molecule is COC(CCNc1nc(NCCO)nc(NCCC(OC)C2CC(C)(C)NC(C)(C)C2)n1)C1CC(C)(C)NC(C)(C)C1. The van der Waals surface area contributed by atoms with Crippen LogP contribution in [0, 0.1) is 11.8 Å². The molecule has 42 heavy (non-hydrogen) atoms. The van der Waals surface area contributed by atoms with Gasteiger partial charge in [-0.05, 0) is 106 Å². The molecule has 2 atom stereocenters. The van der Waals surface area contributed by atoms with E-state index in [1.165, 1.54) is 0 Å². The fourth-order valence-electron chi connectivity index (χ4n) is 7.85. The van der Waals surface area contributed by atoms with Crippen LogP contribution in [0.3, 0.4) is 0 Å². The summed E-state index contributed by atoms with van der Waals surface area (Å²) in [6.45, 7) is 19.9. The molecule has 0 aliphatic carbocycles. The van der Waals surface area contributed by atoms with Gasteiger partial charge in [0.25, 0.3) is 0 Å². The van der Waals surface area contributed by atoms with Gasteiger partial charge in [-0.2, -0.15) is 15.0 Å². The van der Waals surface area contributed by atoms with Crippen molar-refractivity contribution in [2.24, 2.45) is 11.8 Å². The fraction of sp³-hybridized carbons (Fsp3) is 0.903. The summed E-state index contributed by atoms with van der Waals surface area (Å²) in [6, 6.07) is 0. The number of ether oxygens (including phenoxy) is 2. The van der Waals surface area contributed by atoms with Crippen LogP contribution in [0.2, 0.25) is 0 Å². The van der Waals surface area contributed by atoms with Crippen LogP contribution >= 0.6 is 0 Å². The second-order valence-electron chi connectivity index (χ2n) is 15.1. The minimum atomic E-state index is -0.00582. The van der Waals surface area contributed by atoms with E-state index in [4.69, 9.17) is 9.47 Å². The highest BCUT2D eigenvalue weighted by molar-refractivity contribution is 5.42. The van der Waals surface area contributed by atoms with Crippen molar-refractivity contribution in [1.29, 1.82) is 0 Å². The van der Waals surface area contributed by atoms with Crippen LogP contribution in [0.1, 0.15) is 93.9 Å². The Morgan fingerprint density at radius 2 is 0.952 bits per heavy atom. The van der Waals surface area contributed by atoms with Crippen molar-refractivity contribution in [2.45, 2.75) is 128 Å². The molecule has 1 aromatic rings. The first-order chi connectivity index (χ1) is 19.6. The molecule has 2 unspecified atom stereocenters. The molecule has 2 fully saturated rings. The van der Waals surface area contributed by atoms with E-state index in [-0.39, 0.29) is 41.0 Å². The van der Waals surface area contributed by atoms with Crippen LogP contribution < -0.4 is 26.6 Å². The largest absolute Gasteiger partial charge is 0.395 e. The average molecular weight is 593 g/mol. The summed E-state index contributed by atoms with van der Waals surface area (Å²) in [5.74, 6) is 2.35. The number of piperidine rings is 2. The van der Waals surface area contributed by atoms with Gasteiger partial charge >= 0.3 is 0 Å². The van der Waals surface area contributed by atoms with E-state index in [0.717, 1.165) is 38.5 Å². The third-order valence-electron chi connectivity index (χ3n) is 8.55. The Balaban J connectivity index is 1.61. The van der Waals surface area contributed by atoms with Crippen LogP contribution in [-0.2, 0) is 9.47 Å². The van der Waals surface area contributed by atoms with Crippen LogP contribution in [0.4, 0.5) is 17.8 Å². The summed E-state index contributed by atoms with van der Waals surface area (Å²) in [5, 5.41) is 26.7. The topological polar surface area (TPSA) is 138 Å². The molecule has 242 valence electrons. The number of hydrogen-bond acceptors (Lipinski definition) is 11. The highest BCUT2D eigenvalue weighted by Gasteiger charge is 2.41. The highest BCUT2D eigenvalue weighted by Crippen LogP contribution is 2.37. The van der Waals surface area contributed by atoms with E-state index in [2.05, 4.69) is 96.9 Å². The minimum absolute atomic E-state index is 0.00582. The Kier molecular flexibility index (Phi) is 11.8. The van der Waals surface area contributed by atoms with Gasteiger partial charge in [0.1, 0.15) is 0 Å². The van der Waals surface area contributed by atoms with E-state index < -0.39 is 0 Å². The maximum Gasteiger partial charge on any atom is 0.229 e. The Morgan fingerprint density at radius 1 is 0.643 bits per heavy atom. The Labute approximate surface area is 254 Å². The smallest absolute Gasteiger partial charge is 0.229 e. The van der Waals surface area contributed by atoms with Crippen LogP contribution in [0.5, 0.6) is 0 Å². The fourth-order valence-corrected chi connectivity index (χ4v) is 7.85. The number of rotatable bonds is 15. The van der Waals surface area contributed by atoms with Gasteiger partial charge in [-0.15, -0.1) is 0 Å². The summed E-state index contributed by atoms with van der Waals surface area (Å²) < 4.78 is 12.0. The number of nitrogens with one attached hydrogen (secondary N) is 5. The van der Waals surface area contributed by atoms with Gasteiger partial charge < -0.3 is 41.2 Å².